The van der Waals surface area contributed by atoms with Crippen LogP contribution in [0.1, 0.15) is 5.56 Å². The molecule has 0 fully saturated rings. The Labute approximate surface area is 147 Å². The number of rotatable bonds is 6. The third-order valence-electron chi connectivity index (χ3n) is 3.50. The van der Waals surface area contributed by atoms with E-state index in [0.717, 1.165) is 12.1 Å². The molecule has 2 aromatic carbocycles. The summed E-state index contributed by atoms with van der Waals surface area (Å²) in [5, 5.41) is 13.8. The highest BCUT2D eigenvalue weighted by molar-refractivity contribution is 5.61. The van der Waals surface area contributed by atoms with Gasteiger partial charge in [-0.05, 0) is 42.0 Å². The van der Waals surface area contributed by atoms with Crippen LogP contribution in [0.25, 0.3) is 0 Å². The van der Waals surface area contributed by atoms with Crippen molar-refractivity contribution >= 4 is 11.4 Å². The normalized spacial score (nSPS) is 10.4. The zero-order valence-electron chi connectivity index (χ0n) is 13.4. The van der Waals surface area contributed by atoms with E-state index in [4.69, 9.17) is 4.74 Å². The van der Waals surface area contributed by atoms with Crippen molar-refractivity contribution < 1.29 is 18.4 Å². The third kappa shape index (κ3) is 4.10. The molecule has 3 aromatic rings. The Hall–Kier alpha value is -3.55. The maximum absolute atomic E-state index is 14.2. The number of nitro groups is 1. The monoisotopic (exact) mass is 357 g/mol. The number of hydrogen-bond acceptors (Lipinski definition) is 5. The number of nitro benzene ring substituents is 1. The lowest BCUT2D eigenvalue weighted by atomic mass is 10.2. The molecule has 1 N–H and O–H groups in total. The fourth-order valence-electron chi connectivity index (χ4n) is 2.27. The summed E-state index contributed by atoms with van der Waals surface area (Å²) in [5.74, 6) is -0.847. The lowest BCUT2D eigenvalue weighted by molar-refractivity contribution is -0.384. The fourth-order valence-corrected chi connectivity index (χ4v) is 2.27. The first-order valence-electron chi connectivity index (χ1n) is 7.57. The van der Waals surface area contributed by atoms with Crippen molar-refractivity contribution in [3.63, 3.8) is 0 Å². The maximum Gasteiger partial charge on any atom is 0.295 e. The first kappa shape index (κ1) is 17.3. The molecule has 0 aliphatic carbocycles. The summed E-state index contributed by atoms with van der Waals surface area (Å²) in [7, 11) is 0. The zero-order valence-corrected chi connectivity index (χ0v) is 13.4. The quantitative estimate of drug-likeness (QED) is 0.512. The van der Waals surface area contributed by atoms with Crippen molar-refractivity contribution in [3.05, 3.63) is 88.2 Å². The van der Waals surface area contributed by atoms with Gasteiger partial charge in [-0.15, -0.1) is 0 Å². The Balaban J connectivity index is 1.72. The van der Waals surface area contributed by atoms with Crippen LogP contribution >= 0.6 is 0 Å². The van der Waals surface area contributed by atoms with Gasteiger partial charge in [0.15, 0.2) is 11.6 Å². The molecular formula is C18H13F2N3O3. The van der Waals surface area contributed by atoms with Crippen LogP contribution in [0.4, 0.5) is 20.2 Å². The molecule has 0 unspecified atom stereocenters. The standard InChI is InChI=1S/C18H13F2N3O3/c19-13-4-5-16(17(9-13)23(24)25)22-10-12-3-6-18(15(20)8-12)26-14-2-1-7-21-11-14/h1-9,11,22H,10H2. The Kier molecular flexibility index (Phi) is 5.02. The van der Waals surface area contributed by atoms with Crippen molar-refractivity contribution in [3.8, 4) is 11.5 Å². The average Bonchev–Trinajstić information content (AvgIpc) is 2.63. The van der Waals surface area contributed by atoms with Crippen molar-refractivity contribution in [1.29, 1.82) is 0 Å². The summed E-state index contributed by atoms with van der Waals surface area (Å²) in [6, 6.07) is 10.9. The number of pyridine rings is 1. The number of nitrogens with zero attached hydrogens (tertiary/aromatic N) is 2. The van der Waals surface area contributed by atoms with Crippen LogP contribution in [0.3, 0.4) is 0 Å². The highest BCUT2D eigenvalue weighted by Gasteiger charge is 2.15. The summed E-state index contributed by atoms with van der Waals surface area (Å²) < 4.78 is 32.7. The summed E-state index contributed by atoms with van der Waals surface area (Å²) >= 11 is 0. The smallest absolute Gasteiger partial charge is 0.295 e. The Morgan fingerprint density at radius 1 is 1.15 bits per heavy atom. The Bertz CT molecular complexity index is 936. The summed E-state index contributed by atoms with van der Waals surface area (Å²) in [6.45, 7) is 0.122. The van der Waals surface area contributed by atoms with E-state index >= 15 is 0 Å². The van der Waals surface area contributed by atoms with E-state index in [1.54, 1.807) is 24.4 Å². The maximum atomic E-state index is 14.2. The first-order valence-corrected chi connectivity index (χ1v) is 7.57. The number of ether oxygens (including phenoxy) is 1. The number of nitrogens with one attached hydrogen (secondary N) is 1. The van der Waals surface area contributed by atoms with E-state index in [0.29, 0.717) is 11.3 Å². The summed E-state index contributed by atoms with van der Waals surface area (Å²) in [5.41, 5.74) is 0.300. The molecule has 0 amide bonds. The van der Waals surface area contributed by atoms with Gasteiger partial charge in [-0.25, -0.2) is 8.78 Å². The molecule has 0 spiro atoms. The molecule has 0 bridgehead atoms. The van der Waals surface area contributed by atoms with E-state index in [1.165, 1.54) is 24.4 Å². The van der Waals surface area contributed by atoms with Gasteiger partial charge in [0.1, 0.15) is 17.3 Å². The molecule has 0 saturated heterocycles. The molecule has 3 rings (SSSR count). The van der Waals surface area contributed by atoms with E-state index in [-0.39, 0.29) is 23.7 Å². The molecule has 0 atom stereocenters. The second kappa shape index (κ2) is 7.56. The third-order valence-corrected chi connectivity index (χ3v) is 3.50. The predicted octanol–water partition coefficient (Wildman–Crippen LogP) is 4.67. The highest BCUT2D eigenvalue weighted by Crippen LogP contribution is 2.27. The van der Waals surface area contributed by atoms with Gasteiger partial charge in [0.05, 0.1) is 17.2 Å². The zero-order chi connectivity index (χ0) is 18.5. The van der Waals surface area contributed by atoms with E-state index in [2.05, 4.69) is 10.3 Å². The number of hydrogen-bond donors (Lipinski definition) is 1. The molecule has 1 heterocycles. The van der Waals surface area contributed by atoms with Crippen LogP contribution in [0, 0.1) is 21.7 Å². The molecule has 0 aliphatic rings. The van der Waals surface area contributed by atoms with Gasteiger partial charge in [-0.1, -0.05) is 6.07 Å². The molecular weight excluding hydrogens is 344 g/mol. The lowest BCUT2D eigenvalue weighted by Crippen LogP contribution is -2.03. The second-order valence-electron chi connectivity index (χ2n) is 5.33. The van der Waals surface area contributed by atoms with Crippen LogP contribution in [0.5, 0.6) is 11.5 Å². The van der Waals surface area contributed by atoms with Gasteiger partial charge in [-0.2, -0.15) is 0 Å². The van der Waals surface area contributed by atoms with Crippen molar-refractivity contribution in [2.45, 2.75) is 6.54 Å². The molecule has 26 heavy (non-hydrogen) atoms. The number of benzene rings is 2. The van der Waals surface area contributed by atoms with E-state index in [1.807, 2.05) is 0 Å². The van der Waals surface area contributed by atoms with Gasteiger partial charge in [-0.3, -0.25) is 15.1 Å². The Morgan fingerprint density at radius 3 is 2.69 bits per heavy atom. The number of aromatic nitrogens is 1. The molecule has 0 aliphatic heterocycles. The van der Waals surface area contributed by atoms with Gasteiger partial charge in [0.25, 0.3) is 5.69 Å². The average molecular weight is 357 g/mol. The molecule has 132 valence electrons. The van der Waals surface area contributed by atoms with Gasteiger partial charge >= 0.3 is 0 Å². The summed E-state index contributed by atoms with van der Waals surface area (Å²) in [6.07, 6.45) is 3.04. The van der Waals surface area contributed by atoms with Crippen molar-refractivity contribution in [1.82, 2.24) is 4.98 Å². The van der Waals surface area contributed by atoms with Gasteiger partial charge in [0.2, 0.25) is 0 Å². The molecule has 0 saturated carbocycles. The minimum Gasteiger partial charge on any atom is -0.453 e. The van der Waals surface area contributed by atoms with E-state index in [9.17, 15) is 18.9 Å². The Morgan fingerprint density at radius 2 is 2.00 bits per heavy atom. The van der Waals surface area contributed by atoms with Crippen LogP contribution in [0.2, 0.25) is 0 Å². The summed E-state index contributed by atoms with van der Waals surface area (Å²) in [4.78, 5) is 14.2. The minimum absolute atomic E-state index is 0.0366. The van der Waals surface area contributed by atoms with Crippen molar-refractivity contribution in [2.75, 3.05) is 5.32 Å². The van der Waals surface area contributed by atoms with Crippen LogP contribution in [-0.2, 0) is 6.54 Å². The van der Waals surface area contributed by atoms with Crippen LogP contribution < -0.4 is 10.1 Å². The lowest BCUT2D eigenvalue weighted by Gasteiger charge is -2.10. The second-order valence-corrected chi connectivity index (χ2v) is 5.33. The largest absolute Gasteiger partial charge is 0.453 e. The van der Waals surface area contributed by atoms with Crippen LogP contribution in [0.15, 0.2) is 60.9 Å². The van der Waals surface area contributed by atoms with Gasteiger partial charge < -0.3 is 10.1 Å². The van der Waals surface area contributed by atoms with Crippen LogP contribution in [-0.4, -0.2) is 9.91 Å². The van der Waals surface area contributed by atoms with Gasteiger partial charge in [0, 0.05) is 12.7 Å². The minimum atomic E-state index is -0.704. The predicted molar refractivity (Wildman–Crippen MR) is 91.1 cm³/mol. The molecule has 1 aromatic heterocycles. The number of anilines is 1. The van der Waals surface area contributed by atoms with E-state index < -0.39 is 16.6 Å². The van der Waals surface area contributed by atoms with Crippen molar-refractivity contribution in [2.24, 2.45) is 0 Å². The molecule has 8 heteroatoms. The fraction of sp³-hybridized carbons (Fsp3) is 0.0556. The number of halogens is 2. The molecule has 6 nitrogen and oxygen atoms in total. The highest BCUT2D eigenvalue weighted by atomic mass is 19.1. The SMILES string of the molecule is O=[N+]([O-])c1cc(F)ccc1NCc1ccc(Oc2cccnc2)c(F)c1. The topological polar surface area (TPSA) is 77.3 Å². The molecule has 0 radical (unpaired) electrons. The first-order chi connectivity index (χ1) is 12.5.